The van der Waals surface area contributed by atoms with Crippen molar-refractivity contribution in [3.8, 4) is 5.75 Å². The zero-order chi connectivity index (χ0) is 22.7. The minimum atomic E-state index is -1.07. The third-order valence-corrected chi connectivity index (χ3v) is 5.29. The second-order valence-corrected chi connectivity index (χ2v) is 7.54. The highest BCUT2D eigenvalue weighted by atomic mass is 19.2. The van der Waals surface area contributed by atoms with Crippen molar-refractivity contribution < 1.29 is 32.6 Å². The van der Waals surface area contributed by atoms with Crippen LogP contribution in [0.2, 0.25) is 0 Å². The van der Waals surface area contributed by atoms with Crippen LogP contribution in [-0.4, -0.2) is 37.2 Å². The fraction of sp³-hybridized carbons (Fsp3) is 0.318. The molecule has 0 radical (unpaired) electrons. The lowest BCUT2D eigenvalue weighted by Gasteiger charge is -2.28. The Morgan fingerprint density at radius 1 is 1.16 bits per heavy atom. The quantitative estimate of drug-likeness (QED) is 0.656. The van der Waals surface area contributed by atoms with Gasteiger partial charge in [0.25, 0.3) is 5.91 Å². The number of hydrogen-bond acceptors (Lipinski definition) is 5. The summed E-state index contributed by atoms with van der Waals surface area (Å²) in [7, 11) is 0. The number of amides is 3. The van der Waals surface area contributed by atoms with Gasteiger partial charge in [-0.1, -0.05) is 12.1 Å². The van der Waals surface area contributed by atoms with E-state index in [0.29, 0.717) is 30.6 Å². The molecule has 10 heteroatoms. The Hall–Kier alpha value is -3.69. The molecular weight excluding hydrogens is 424 g/mol. The fourth-order valence-electron chi connectivity index (χ4n) is 3.69. The van der Waals surface area contributed by atoms with Crippen LogP contribution in [0, 0.1) is 11.6 Å². The number of anilines is 1. The molecule has 8 nitrogen and oxygen atoms in total. The first-order valence-corrected chi connectivity index (χ1v) is 10.2. The molecular formula is C22H21F2N3O5. The predicted molar refractivity (Wildman–Crippen MR) is 109 cm³/mol. The first-order chi connectivity index (χ1) is 15.4. The van der Waals surface area contributed by atoms with E-state index in [4.69, 9.17) is 9.47 Å². The summed E-state index contributed by atoms with van der Waals surface area (Å²) in [5.74, 6) is -2.42. The first-order valence-electron chi connectivity index (χ1n) is 10.2. The number of carbonyl (C=O) groups is 3. The van der Waals surface area contributed by atoms with Gasteiger partial charge in [-0.05, 0) is 24.6 Å². The van der Waals surface area contributed by atoms with Gasteiger partial charge in [0, 0.05) is 30.2 Å². The zero-order valence-electron chi connectivity index (χ0n) is 17.0. The maximum Gasteiger partial charge on any atom is 0.407 e. The van der Waals surface area contributed by atoms with Crippen molar-refractivity contribution in [3.05, 3.63) is 59.2 Å². The Kier molecular flexibility index (Phi) is 6.20. The molecule has 0 aliphatic carbocycles. The largest absolute Gasteiger partial charge is 0.492 e. The standard InChI is InChI=1S/C22H21F2N3O5/c23-16-6-4-12(10-17(16)24)26-21(29)15-3-1-2-14-18(8-9-31-20(14)15)27-22(30)32-11-13-5-7-19(28)25-13/h1-4,6,10,13,18H,5,7-9,11H2,(H,25,28)(H,26,29)(H,27,30)/t13-,18+/m1/s1. The van der Waals surface area contributed by atoms with Gasteiger partial charge in [0.05, 0.1) is 24.3 Å². The van der Waals surface area contributed by atoms with Gasteiger partial charge in [-0.3, -0.25) is 9.59 Å². The maximum atomic E-state index is 13.4. The third-order valence-electron chi connectivity index (χ3n) is 5.29. The van der Waals surface area contributed by atoms with Crippen molar-refractivity contribution in [1.29, 1.82) is 0 Å². The average molecular weight is 445 g/mol. The minimum Gasteiger partial charge on any atom is -0.492 e. The van der Waals surface area contributed by atoms with Crippen molar-refractivity contribution >= 4 is 23.6 Å². The second-order valence-electron chi connectivity index (χ2n) is 7.54. The van der Waals surface area contributed by atoms with Crippen LogP contribution in [-0.2, 0) is 9.53 Å². The molecule has 0 aromatic heterocycles. The highest BCUT2D eigenvalue weighted by Gasteiger charge is 2.28. The number of nitrogens with one attached hydrogen (secondary N) is 3. The monoisotopic (exact) mass is 445 g/mol. The summed E-state index contributed by atoms with van der Waals surface area (Å²) in [5, 5.41) is 8.00. The number of benzene rings is 2. The average Bonchev–Trinajstić information content (AvgIpc) is 3.20. The molecule has 2 aliphatic heterocycles. The van der Waals surface area contributed by atoms with Crippen LogP contribution in [0.4, 0.5) is 19.3 Å². The van der Waals surface area contributed by atoms with Crippen LogP contribution in [0.5, 0.6) is 5.75 Å². The summed E-state index contributed by atoms with van der Waals surface area (Å²) in [6.07, 6.45) is 0.859. The molecule has 2 aliphatic rings. The van der Waals surface area contributed by atoms with E-state index in [2.05, 4.69) is 16.0 Å². The van der Waals surface area contributed by atoms with E-state index in [1.165, 1.54) is 12.1 Å². The van der Waals surface area contributed by atoms with E-state index >= 15 is 0 Å². The number of hydrogen-bond donors (Lipinski definition) is 3. The molecule has 2 aromatic rings. The lowest BCUT2D eigenvalue weighted by Crippen LogP contribution is -2.36. The fourth-order valence-corrected chi connectivity index (χ4v) is 3.69. The van der Waals surface area contributed by atoms with Gasteiger partial charge in [0.2, 0.25) is 5.91 Å². The first kappa shape index (κ1) is 21.5. The normalized spacial score (nSPS) is 19.4. The molecule has 1 saturated heterocycles. The van der Waals surface area contributed by atoms with Gasteiger partial charge in [0.1, 0.15) is 12.4 Å². The van der Waals surface area contributed by atoms with Crippen molar-refractivity contribution in [2.45, 2.75) is 31.3 Å². The molecule has 0 bridgehead atoms. The van der Waals surface area contributed by atoms with Gasteiger partial charge in [0.15, 0.2) is 11.6 Å². The number of rotatable bonds is 5. The molecule has 3 N–H and O–H groups in total. The Bertz CT molecular complexity index is 1060. The van der Waals surface area contributed by atoms with E-state index in [-0.39, 0.29) is 36.4 Å². The topological polar surface area (TPSA) is 106 Å². The van der Waals surface area contributed by atoms with Crippen molar-refractivity contribution in [1.82, 2.24) is 10.6 Å². The van der Waals surface area contributed by atoms with Gasteiger partial charge in [-0.2, -0.15) is 0 Å². The number of carbonyl (C=O) groups excluding carboxylic acids is 3. The van der Waals surface area contributed by atoms with Gasteiger partial charge in [-0.15, -0.1) is 0 Å². The van der Waals surface area contributed by atoms with Crippen LogP contribution >= 0.6 is 0 Å². The molecule has 2 aromatic carbocycles. The van der Waals surface area contributed by atoms with Gasteiger partial charge < -0.3 is 25.4 Å². The van der Waals surface area contributed by atoms with Crippen molar-refractivity contribution in [2.24, 2.45) is 0 Å². The van der Waals surface area contributed by atoms with E-state index < -0.39 is 29.7 Å². The molecule has 2 heterocycles. The van der Waals surface area contributed by atoms with Crippen molar-refractivity contribution in [2.75, 3.05) is 18.5 Å². The Labute approximate surface area is 182 Å². The Balaban J connectivity index is 1.43. The predicted octanol–water partition coefficient (Wildman–Crippen LogP) is 3.05. The van der Waals surface area contributed by atoms with Crippen molar-refractivity contribution in [3.63, 3.8) is 0 Å². The summed E-state index contributed by atoms with van der Waals surface area (Å²) in [6, 6.07) is 7.33. The van der Waals surface area contributed by atoms with E-state index in [9.17, 15) is 23.2 Å². The maximum absolute atomic E-state index is 13.4. The summed E-state index contributed by atoms with van der Waals surface area (Å²) in [5.41, 5.74) is 0.889. The third kappa shape index (κ3) is 4.79. The van der Waals surface area contributed by atoms with E-state index in [1.807, 2.05) is 0 Å². The van der Waals surface area contributed by atoms with E-state index in [1.54, 1.807) is 12.1 Å². The zero-order valence-corrected chi connectivity index (χ0v) is 17.0. The summed E-state index contributed by atoms with van der Waals surface area (Å²) < 4.78 is 37.5. The van der Waals surface area contributed by atoms with Crippen LogP contribution in [0.3, 0.4) is 0 Å². The minimum absolute atomic E-state index is 0.0634. The molecule has 1 fully saturated rings. The summed E-state index contributed by atoms with van der Waals surface area (Å²) in [4.78, 5) is 36.2. The molecule has 0 saturated carbocycles. The lowest BCUT2D eigenvalue weighted by atomic mass is 9.97. The number of para-hydroxylation sites is 1. The number of fused-ring (bicyclic) bond motifs is 1. The SMILES string of the molecule is O=C1CC[C@H](COC(=O)N[C@H]2CCOc3c(C(=O)Nc4ccc(F)c(F)c4)cccc32)N1. The van der Waals surface area contributed by atoms with Crippen LogP contribution in [0.25, 0.3) is 0 Å². The molecule has 168 valence electrons. The summed E-state index contributed by atoms with van der Waals surface area (Å²) >= 11 is 0. The number of halogens is 2. The van der Waals surface area contributed by atoms with Crippen LogP contribution in [0.15, 0.2) is 36.4 Å². The Morgan fingerprint density at radius 2 is 2.00 bits per heavy atom. The van der Waals surface area contributed by atoms with E-state index in [0.717, 1.165) is 12.1 Å². The van der Waals surface area contributed by atoms with Crippen LogP contribution in [0.1, 0.15) is 41.2 Å². The number of ether oxygens (including phenoxy) is 2. The number of alkyl carbamates (subject to hydrolysis) is 1. The molecule has 3 amide bonds. The highest BCUT2D eigenvalue weighted by molar-refractivity contribution is 6.06. The highest BCUT2D eigenvalue weighted by Crippen LogP contribution is 2.35. The smallest absolute Gasteiger partial charge is 0.407 e. The lowest BCUT2D eigenvalue weighted by molar-refractivity contribution is -0.119. The second kappa shape index (κ2) is 9.21. The molecule has 2 atom stereocenters. The Morgan fingerprint density at radius 3 is 2.75 bits per heavy atom. The molecule has 4 rings (SSSR count). The summed E-state index contributed by atoms with van der Waals surface area (Å²) in [6.45, 7) is 0.330. The van der Waals surface area contributed by atoms with Gasteiger partial charge in [-0.25, -0.2) is 13.6 Å². The molecule has 32 heavy (non-hydrogen) atoms. The van der Waals surface area contributed by atoms with Crippen LogP contribution < -0.4 is 20.7 Å². The molecule has 0 spiro atoms. The molecule has 0 unspecified atom stereocenters. The van der Waals surface area contributed by atoms with Gasteiger partial charge >= 0.3 is 6.09 Å².